The zero-order valence-corrected chi connectivity index (χ0v) is 14.8. The Balaban J connectivity index is 1.80. The first-order valence-corrected chi connectivity index (χ1v) is 8.72. The van der Waals surface area contributed by atoms with Crippen molar-refractivity contribution in [1.82, 2.24) is 4.98 Å². The van der Waals surface area contributed by atoms with Gasteiger partial charge in [-0.15, -0.1) is 0 Å². The molecule has 4 heteroatoms. The fourth-order valence-corrected chi connectivity index (χ4v) is 3.18. The minimum Gasteiger partial charge on any atom is -0.616 e. The summed E-state index contributed by atoms with van der Waals surface area (Å²) in [7, 11) is 0. The van der Waals surface area contributed by atoms with Gasteiger partial charge in [-0.05, 0) is 50.1 Å². The van der Waals surface area contributed by atoms with Gasteiger partial charge in [0.25, 0.3) is 0 Å². The Morgan fingerprint density at radius 1 is 1.00 bits per heavy atom. The highest BCUT2D eigenvalue weighted by atomic mass is 27.2. The standard InChI is InChI=1S/C12H13NO.C7H8O.Al/c1-3-9-7-8(2)13-12-10(9)5-4-6-11(12)14;1-6-2-4-7(8)5-3-6;/h4-7,14H,3H2,1-2H3;2-5,8H,1H3;/q;;+2/p-2. The van der Waals surface area contributed by atoms with Gasteiger partial charge in [0.1, 0.15) is 11.3 Å². The molecule has 0 fully saturated rings. The summed E-state index contributed by atoms with van der Waals surface area (Å²) in [6.07, 6.45) is 0.982. The van der Waals surface area contributed by atoms with Gasteiger partial charge in [0.15, 0.2) is 0 Å². The lowest BCUT2D eigenvalue weighted by Crippen LogP contribution is -2.11. The number of rotatable bonds is 5. The number of aryl methyl sites for hydroxylation is 3. The molecule has 3 nitrogen and oxygen atoms in total. The molecule has 2 aromatic carbocycles. The van der Waals surface area contributed by atoms with E-state index in [-0.39, 0.29) is 0 Å². The summed E-state index contributed by atoms with van der Waals surface area (Å²) < 4.78 is 11.6. The maximum atomic E-state index is 5.91. The highest BCUT2D eigenvalue weighted by molar-refractivity contribution is 6.21. The van der Waals surface area contributed by atoms with E-state index in [4.69, 9.17) is 7.58 Å². The van der Waals surface area contributed by atoms with E-state index >= 15 is 0 Å². The number of fused-ring (bicyclic) bond motifs is 1. The van der Waals surface area contributed by atoms with Crippen molar-refractivity contribution in [2.45, 2.75) is 27.2 Å². The molecule has 0 saturated carbocycles. The van der Waals surface area contributed by atoms with Crippen molar-refractivity contribution in [3.63, 3.8) is 0 Å². The molecule has 0 aliphatic rings. The molecule has 1 heterocycles. The quantitative estimate of drug-likeness (QED) is 0.653. The molecule has 0 aliphatic heterocycles. The van der Waals surface area contributed by atoms with E-state index in [1.54, 1.807) is 0 Å². The number of hydrogen-bond acceptors (Lipinski definition) is 3. The third-order valence-electron chi connectivity index (χ3n) is 3.78. The first-order valence-electron chi connectivity index (χ1n) is 7.78. The van der Waals surface area contributed by atoms with E-state index in [0.717, 1.165) is 34.5 Å². The van der Waals surface area contributed by atoms with Crippen LogP contribution in [0.25, 0.3) is 10.9 Å². The molecule has 0 amide bonds. The number of hydrogen-bond donors (Lipinski definition) is 0. The SMILES string of the molecule is CCc1cc(C)nc2c([O][Al][O]c3ccc(C)cc3)cccc12. The van der Waals surface area contributed by atoms with Crippen LogP contribution in [0.4, 0.5) is 0 Å². The van der Waals surface area contributed by atoms with E-state index in [1.807, 2.05) is 43.3 Å². The van der Waals surface area contributed by atoms with Crippen LogP contribution in [-0.4, -0.2) is 20.9 Å². The summed E-state index contributed by atoms with van der Waals surface area (Å²) in [5.41, 5.74) is 4.45. The molecule has 0 atom stereocenters. The average molecular weight is 320 g/mol. The van der Waals surface area contributed by atoms with Gasteiger partial charge in [-0.3, -0.25) is 0 Å². The lowest BCUT2D eigenvalue weighted by molar-refractivity contribution is 0.461. The normalized spacial score (nSPS) is 10.6. The molecule has 0 aliphatic carbocycles. The lowest BCUT2D eigenvalue weighted by atomic mass is 10.1. The van der Waals surface area contributed by atoms with Gasteiger partial charge in [0, 0.05) is 11.1 Å². The van der Waals surface area contributed by atoms with Crippen LogP contribution in [0.15, 0.2) is 48.5 Å². The second kappa shape index (κ2) is 7.04. The predicted molar refractivity (Wildman–Crippen MR) is 94.0 cm³/mol. The molecule has 0 spiro atoms. The van der Waals surface area contributed by atoms with Gasteiger partial charge < -0.3 is 7.58 Å². The number of pyridine rings is 1. The summed E-state index contributed by atoms with van der Waals surface area (Å²) in [4.78, 5) is 4.65. The summed E-state index contributed by atoms with van der Waals surface area (Å²) >= 11 is -0.628. The van der Waals surface area contributed by atoms with Gasteiger partial charge >= 0.3 is 15.9 Å². The van der Waals surface area contributed by atoms with Crippen LogP contribution in [0, 0.1) is 13.8 Å². The Morgan fingerprint density at radius 3 is 2.52 bits per heavy atom. The largest absolute Gasteiger partial charge is 0.881 e. The molecule has 3 aromatic rings. The first kappa shape index (κ1) is 15.9. The Bertz CT molecular complexity index is 815. The van der Waals surface area contributed by atoms with Crippen LogP contribution in [0.1, 0.15) is 23.7 Å². The fraction of sp³-hybridized carbons (Fsp3) is 0.211. The van der Waals surface area contributed by atoms with Gasteiger partial charge in [-0.1, -0.05) is 36.8 Å². The Kier molecular flexibility index (Phi) is 4.85. The second-order valence-electron chi connectivity index (χ2n) is 5.57. The molecule has 0 saturated heterocycles. The third kappa shape index (κ3) is 3.67. The minimum atomic E-state index is -0.628. The zero-order valence-electron chi connectivity index (χ0n) is 13.7. The van der Waals surface area contributed by atoms with Gasteiger partial charge in [0.2, 0.25) is 0 Å². The van der Waals surface area contributed by atoms with Crippen LogP contribution in [0.5, 0.6) is 11.5 Å². The molecule has 23 heavy (non-hydrogen) atoms. The summed E-state index contributed by atoms with van der Waals surface area (Å²) in [6.45, 7) is 6.24. The van der Waals surface area contributed by atoms with E-state index in [0.29, 0.717) is 0 Å². The molecular weight excluding hydrogens is 301 g/mol. The molecule has 3 rings (SSSR count). The Morgan fingerprint density at radius 2 is 1.78 bits per heavy atom. The molecule has 115 valence electrons. The summed E-state index contributed by atoms with van der Waals surface area (Å²) in [5, 5.41) is 1.16. The monoisotopic (exact) mass is 320 g/mol. The molecular formula is C19H19AlNO2. The smallest absolute Gasteiger partial charge is 0.616 e. The van der Waals surface area contributed by atoms with Crippen LogP contribution in [0.3, 0.4) is 0 Å². The van der Waals surface area contributed by atoms with E-state index in [2.05, 4.69) is 31.0 Å². The second-order valence-corrected chi connectivity index (χ2v) is 6.24. The maximum Gasteiger partial charge on any atom is 0.881 e. The Labute approximate surface area is 143 Å². The molecule has 0 bridgehead atoms. The number of nitrogens with zero attached hydrogens (tertiary/aromatic N) is 1. The predicted octanol–water partition coefficient (Wildman–Crippen LogP) is 4.41. The van der Waals surface area contributed by atoms with E-state index in [1.165, 1.54) is 11.1 Å². The van der Waals surface area contributed by atoms with Crippen molar-refractivity contribution in [2.75, 3.05) is 0 Å². The van der Waals surface area contributed by atoms with Crippen LogP contribution < -0.4 is 7.58 Å². The van der Waals surface area contributed by atoms with Crippen molar-refractivity contribution in [3.8, 4) is 11.5 Å². The van der Waals surface area contributed by atoms with Crippen LogP contribution in [-0.2, 0) is 6.42 Å². The van der Waals surface area contributed by atoms with Crippen molar-refractivity contribution >= 4 is 26.8 Å². The van der Waals surface area contributed by atoms with Crippen molar-refractivity contribution in [3.05, 3.63) is 65.4 Å². The van der Waals surface area contributed by atoms with Crippen molar-refractivity contribution in [1.29, 1.82) is 0 Å². The van der Waals surface area contributed by atoms with Crippen LogP contribution in [0.2, 0.25) is 0 Å². The van der Waals surface area contributed by atoms with Crippen molar-refractivity contribution < 1.29 is 7.58 Å². The topological polar surface area (TPSA) is 31.4 Å². The van der Waals surface area contributed by atoms with Gasteiger partial charge in [0.05, 0.1) is 5.75 Å². The van der Waals surface area contributed by atoms with Crippen LogP contribution >= 0.6 is 0 Å². The maximum absolute atomic E-state index is 5.91. The first-order chi connectivity index (χ1) is 11.2. The zero-order chi connectivity index (χ0) is 16.2. The molecule has 1 radical (unpaired) electrons. The highest BCUT2D eigenvalue weighted by Gasteiger charge is 2.11. The fourth-order valence-electron chi connectivity index (χ4n) is 2.57. The van der Waals surface area contributed by atoms with Gasteiger partial charge in [-0.2, -0.15) is 0 Å². The third-order valence-corrected chi connectivity index (χ3v) is 4.50. The van der Waals surface area contributed by atoms with E-state index in [9.17, 15) is 0 Å². The minimum absolute atomic E-state index is 0.628. The number of benzene rings is 2. The number of para-hydroxylation sites is 1. The molecule has 1 aromatic heterocycles. The summed E-state index contributed by atoms with van der Waals surface area (Å²) in [6, 6.07) is 16.2. The lowest BCUT2D eigenvalue weighted by Gasteiger charge is -2.12. The van der Waals surface area contributed by atoms with Gasteiger partial charge in [-0.25, -0.2) is 4.98 Å². The average Bonchev–Trinajstić information content (AvgIpc) is 2.56. The highest BCUT2D eigenvalue weighted by Crippen LogP contribution is 2.27. The molecule has 0 N–H and O–H groups in total. The number of aromatic nitrogens is 1. The Hall–Kier alpha value is -2.02. The van der Waals surface area contributed by atoms with Crippen molar-refractivity contribution in [2.24, 2.45) is 0 Å². The molecule has 0 unspecified atom stereocenters. The van der Waals surface area contributed by atoms with E-state index < -0.39 is 15.9 Å². The summed E-state index contributed by atoms with van der Waals surface area (Å²) in [5.74, 6) is 1.63.